The van der Waals surface area contributed by atoms with E-state index in [4.69, 9.17) is 16.3 Å². The van der Waals surface area contributed by atoms with Gasteiger partial charge in [-0.15, -0.1) is 0 Å². The summed E-state index contributed by atoms with van der Waals surface area (Å²) in [5.41, 5.74) is 1.31. The van der Waals surface area contributed by atoms with Crippen molar-refractivity contribution in [3.63, 3.8) is 0 Å². The van der Waals surface area contributed by atoms with Gasteiger partial charge in [0.05, 0.1) is 4.92 Å². The first-order valence-electron chi connectivity index (χ1n) is 10.4. The molecule has 0 radical (unpaired) electrons. The summed E-state index contributed by atoms with van der Waals surface area (Å²) < 4.78 is 5.74. The topological polar surface area (TPSA) is 84.7 Å². The van der Waals surface area contributed by atoms with Gasteiger partial charge in [-0.2, -0.15) is 0 Å². The van der Waals surface area contributed by atoms with E-state index in [1.807, 2.05) is 4.90 Å². The van der Waals surface area contributed by atoms with Crippen LogP contribution in [-0.2, 0) is 0 Å². The molecule has 0 aliphatic carbocycles. The van der Waals surface area contributed by atoms with Crippen molar-refractivity contribution < 1.29 is 14.5 Å². The Labute approximate surface area is 190 Å². The molecule has 0 aromatic heterocycles. The van der Waals surface area contributed by atoms with E-state index < -0.39 is 10.8 Å². The second-order valence-electron chi connectivity index (χ2n) is 7.54. The number of carbonyl (C=O) groups is 1. The maximum atomic E-state index is 12.7. The minimum atomic E-state index is -0.427. The average Bonchev–Trinajstić information content (AvgIpc) is 2.82. The van der Waals surface area contributed by atoms with E-state index >= 15 is 0 Å². The highest BCUT2D eigenvalue weighted by Gasteiger charge is 2.23. The van der Waals surface area contributed by atoms with Crippen molar-refractivity contribution in [1.82, 2.24) is 0 Å². The maximum Gasteiger partial charge on any atom is 0.293 e. The summed E-state index contributed by atoms with van der Waals surface area (Å²) in [6, 6.07) is 18.5. The summed E-state index contributed by atoms with van der Waals surface area (Å²) >= 11 is 5.87. The van der Waals surface area contributed by atoms with Crippen LogP contribution in [0.4, 0.5) is 17.1 Å². The molecule has 1 amide bonds. The summed E-state index contributed by atoms with van der Waals surface area (Å²) in [6.45, 7) is 1.58. The molecular weight excluding hydrogens is 430 g/mol. The summed E-state index contributed by atoms with van der Waals surface area (Å²) in [7, 11) is 0. The van der Waals surface area contributed by atoms with Crippen molar-refractivity contribution in [2.75, 3.05) is 23.3 Å². The Balaban J connectivity index is 1.45. The van der Waals surface area contributed by atoms with Crippen LogP contribution in [0.25, 0.3) is 0 Å². The Hall–Kier alpha value is -3.58. The van der Waals surface area contributed by atoms with Crippen LogP contribution < -0.4 is 15.0 Å². The fourth-order valence-electron chi connectivity index (χ4n) is 3.66. The molecule has 1 heterocycles. The Morgan fingerprint density at radius 2 is 1.56 bits per heavy atom. The van der Waals surface area contributed by atoms with Gasteiger partial charge in [-0.1, -0.05) is 11.6 Å². The van der Waals surface area contributed by atoms with Gasteiger partial charge in [0.25, 0.3) is 11.6 Å². The normalized spacial score (nSPS) is 13.5. The number of amides is 1. The number of anilines is 2. The molecule has 0 spiro atoms. The first-order chi connectivity index (χ1) is 15.5. The molecule has 32 heavy (non-hydrogen) atoms. The number of nitrogens with zero attached hydrogens (tertiary/aromatic N) is 2. The third-order valence-electron chi connectivity index (χ3n) is 5.29. The van der Waals surface area contributed by atoms with Crippen LogP contribution >= 0.6 is 11.6 Å². The van der Waals surface area contributed by atoms with Crippen molar-refractivity contribution in [1.29, 1.82) is 0 Å². The molecule has 4 rings (SSSR count). The average molecular weight is 452 g/mol. The Morgan fingerprint density at radius 1 is 0.938 bits per heavy atom. The number of nitro benzene ring substituents is 1. The van der Waals surface area contributed by atoms with Crippen LogP contribution in [0.5, 0.6) is 11.5 Å². The number of hydrogen-bond donors (Lipinski definition) is 1. The molecule has 0 saturated carbocycles. The highest BCUT2D eigenvalue weighted by atomic mass is 35.5. The first-order valence-corrected chi connectivity index (χ1v) is 10.8. The lowest BCUT2D eigenvalue weighted by Gasteiger charge is -2.28. The molecule has 0 bridgehead atoms. The first kappa shape index (κ1) is 21.6. The molecular formula is C24H22ClN3O4. The number of carbonyl (C=O) groups excluding carboxylic acids is 1. The number of nitrogens with one attached hydrogen (secondary N) is 1. The second-order valence-corrected chi connectivity index (χ2v) is 7.98. The van der Waals surface area contributed by atoms with Crippen molar-refractivity contribution in [3.8, 4) is 11.5 Å². The summed E-state index contributed by atoms with van der Waals surface area (Å²) in [5, 5.41) is 15.0. The number of rotatable bonds is 6. The van der Waals surface area contributed by atoms with Gasteiger partial charge in [0, 0.05) is 35.4 Å². The van der Waals surface area contributed by atoms with Crippen molar-refractivity contribution in [2.24, 2.45) is 0 Å². The fraction of sp³-hybridized carbons (Fsp3) is 0.208. The Bertz CT molecular complexity index is 1110. The molecule has 1 N–H and O–H groups in total. The van der Waals surface area contributed by atoms with E-state index in [0.29, 0.717) is 27.9 Å². The van der Waals surface area contributed by atoms with Gasteiger partial charge >= 0.3 is 0 Å². The van der Waals surface area contributed by atoms with Crippen molar-refractivity contribution >= 4 is 34.6 Å². The molecule has 0 unspecified atom stereocenters. The van der Waals surface area contributed by atoms with E-state index in [1.54, 1.807) is 60.7 Å². The minimum absolute atomic E-state index is 0.0498. The third kappa shape index (κ3) is 5.18. The van der Waals surface area contributed by atoms with Gasteiger partial charge in [0.1, 0.15) is 17.2 Å². The summed E-state index contributed by atoms with van der Waals surface area (Å²) in [4.78, 5) is 25.9. The molecule has 1 saturated heterocycles. The fourth-order valence-corrected chi connectivity index (χ4v) is 3.79. The molecule has 8 heteroatoms. The quantitative estimate of drug-likeness (QED) is 0.352. The molecule has 164 valence electrons. The van der Waals surface area contributed by atoms with Crippen LogP contribution in [-0.4, -0.2) is 23.9 Å². The van der Waals surface area contributed by atoms with E-state index in [2.05, 4.69) is 5.32 Å². The zero-order valence-corrected chi connectivity index (χ0v) is 18.0. The van der Waals surface area contributed by atoms with Crippen molar-refractivity contribution in [3.05, 3.63) is 87.4 Å². The number of piperidine rings is 1. The maximum absolute atomic E-state index is 12.7. The molecule has 1 fully saturated rings. The van der Waals surface area contributed by atoms with Crippen LogP contribution in [0.15, 0.2) is 66.7 Å². The number of hydrogen-bond acceptors (Lipinski definition) is 5. The lowest BCUT2D eigenvalue weighted by molar-refractivity contribution is -0.384. The van der Waals surface area contributed by atoms with Gasteiger partial charge in [0.2, 0.25) is 0 Å². The smallest absolute Gasteiger partial charge is 0.293 e. The molecule has 1 aliphatic heterocycles. The number of nitro groups is 1. The van der Waals surface area contributed by atoms with Crippen LogP contribution in [0.3, 0.4) is 0 Å². The lowest BCUT2D eigenvalue weighted by atomic mass is 10.1. The number of halogens is 1. The summed E-state index contributed by atoms with van der Waals surface area (Å²) in [5.74, 6) is 0.837. The Kier molecular flexibility index (Phi) is 6.56. The van der Waals surface area contributed by atoms with Gasteiger partial charge in [-0.3, -0.25) is 14.9 Å². The predicted molar refractivity (Wildman–Crippen MR) is 125 cm³/mol. The van der Waals surface area contributed by atoms with Crippen LogP contribution in [0.2, 0.25) is 5.02 Å². The molecule has 3 aromatic carbocycles. The van der Waals surface area contributed by atoms with Crippen LogP contribution in [0.1, 0.15) is 29.6 Å². The molecule has 3 aromatic rings. The standard InChI is InChI=1S/C24H22ClN3O4/c25-18-5-9-20(10-6-18)32-21-11-7-19(8-12-21)26-24(29)17-4-13-22(23(16-17)28(30)31)27-14-2-1-3-15-27/h4-13,16H,1-3,14-15H2,(H,26,29). The van der Waals surface area contributed by atoms with Crippen LogP contribution in [0, 0.1) is 10.1 Å². The van der Waals surface area contributed by atoms with Gasteiger partial charge in [-0.25, -0.2) is 0 Å². The predicted octanol–water partition coefficient (Wildman–Crippen LogP) is 6.28. The lowest BCUT2D eigenvalue weighted by Crippen LogP contribution is -2.30. The largest absolute Gasteiger partial charge is 0.457 e. The zero-order chi connectivity index (χ0) is 22.5. The monoisotopic (exact) mass is 451 g/mol. The van der Waals surface area contributed by atoms with Gasteiger partial charge in [-0.05, 0) is 79.9 Å². The van der Waals surface area contributed by atoms with Crippen molar-refractivity contribution in [2.45, 2.75) is 19.3 Å². The molecule has 7 nitrogen and oxygen atoms in total. The Morgan fingerprint density at radius 3 is 2.19 bits per heavy atom. The number of benzene rings is 3. The zero-order valence-electron chi connectivity index (χ0n) is 17.3. The third-order valence-corrected chi connectivity index (χ3v) is 5.54. The number of ether oxygens (including phenoxy) is 1. The highest BCUT2D eigenvalue weighted by molar-refractivity contribution is 6.30. The van der Waals surface area contributed by atoms with E-state index in [9.17, 15) is 14.9 Å². The molecule has 1 aliphatic rings. The summed E-state index contributed by atoms with van der Waals surface area (Å²) in [6.07, 6.45) is 3.16. The van der Waals surface area contributed by atoms with Gasteiger partial charge < -0.3 is 15.0 Å². The van der Waals surface area contributed by atoms with E-state index in [1.165, 1.54) is 6.07 Å². The highest BCUT2D eigenvalue weighted by Crippen LogP contribution is 2.32. The van der Waals surface area contributed by atoms with E-state index in [-0.39, 0.29) is 11.3 Å². The minimum Gasteiger partial charge on any atom is -0.457 e. The molecule has 0 atom stereocenters. The van der Waals surface area contributed by atoms with E-state index in [0.717, 1.165) is 32.4 Å². The van der Waals surface area contributed by atoms with Gasteiger partial charge in [0.15, 0.2) is 0 Å². The second kappa shape index (κ2) is 9.70. The SMILES string of the molecule is O=C(Nc1ccc(Oc2ccc(Cl)cc2)cc1)c1ccc(N2CCCCC2)c([N+](=O)[O-])c1.